The largest absolute Gasteiger partial charge is 0.256 e. The van der Waals surface area contributed by atoms with Crippen LogP contribution in [0.3, 0.4) is 0 Å². The van der Waals surface area contributed by atoms with Crippen molar-refractivity contribution < 1.29 is 0 Å². The Balaban J connectivity index is 0.999. The van der Waals surface area contributed by atoms with E-state index in [9.17, 15) is 0 Å². The minimum atomic E-state index is 0.926. The highest BCUT2D eigenvalue weighted by Gasteiger charge is 2.20. The van der Waals surface area contributed by atoms with Crippen molar-refractivity contribution in [3.63, 3.8) is 0 Å². The van der Waals surface area contributed by atoms with Crippen LogP contribution in [0.4, 0.5) is 0 Å². The topological polar surface area (TPSA) is 38.7 Å². The molecule has 0 aliphatic heterocycles. The number of benzene rings is 10. The van der Waals surface area contributed by atoms with Crippen LogP contribution in [0.5, 0.6) is 0 Å². The summed E-state index contributed by atoms with van der Waals surface area (Å²) in [4.78, 5) is 15.2. The zero-order valence-electron chi connectivity index (χ0n) is 40.5. The Morgan fingerprint density at radius 1 is 0.176 bits per heavy atom. The van der Waals surface area contributed by atoms with Crippen molar-refractivity contribution in [1.29, 1.82) is 0 Å². The smallest absolute Gasteiger partial charge is 0.0708 e. The lowest BCUT2D eigenvalue weighted by Gasteiger charge is -2.19. The predicted octanol–water partition coefficient (Wildman–Crippen LogP) is 18.8. The van der Waals surface area contributed by atoms with Gasteiger partial charge in [0, 0.05) is 52.0 Å². The van der Waals surface area contributed by atoms with Crippen LogP contribution in [0.1, 0.15) is 0 Å². The summed E-state index contributed by atoms with van der Waals surface area (Å²) < 4.78 is 0. The standard InChI is InChI=1S/C71H47N3/c1-4-19-49(20-5-1)69-38-35-54(45-72-69)60-26-12-14-28-62(60)56-41-57(63-29-15-13-27-61(63)55-36-39-70(73-46-55)50-21-6-2-7-22-50)43-58(42-56)64-30-16-17-31-66(64)68-47-74-71(51-23-8-3-9-24-51)44-67(68)53-34-37-65-52(40-53)33-32-48-18-10-11-25-59(48)65/h1-47H. The first-order valence-corrected chi connectivity index (χ1v) is 25.1. The molecule has 74 heavy (non-hydrogen) atoms. The molecule has 0 radical (unpaired) electrons. The average Bonchev–Trinajstić information content (AvgIpc) is 3.49. The van der Waals surface area contributed by atoms with Gasteiger partial charge in [0.1, 0.15) is 0 Å². The molecule has 346 valence electrons. The Kier molecular flexibility index (Phi) is 11.6. The molecule has 0 atom stereocenters. The number of fused-ring (bicyclic) bond motifs is 3. The van der Waals surface area contributed by atoms with Crippen molar-refractivity contribution in [2.75, 3.05) is 0 Å². The maximum absolute atomic E-state index is 5.21. The van der Waals surface area contributed by atoms with E-state index < -0.39 is 0 Å². The van der Waals surface area contributed by atoms with Crippen LogP contribution in [0, 0.1) is 0 Å². The van der Waals surface area contributed by atoms with Gasteiger partial charge >= 0.3 is 0 Å². The molecule has 3 nitrogen and oxygen atoms in total. The minimum Gasteiger partial charge on any atom is -0.256 e. The zero-order valence-corrected chi connectivity index (χ0v) is 40.5. The van der Waals surface area contributed by atoms with E-state index in [1.807, 2.05) is 24.5 Å². The monoisotopic (exact) mass is 941 g/mol. The fourth-order valence-corrected chi connectivity index (χ4v) is 10.6. The molecule has 0 spiro atoms. The van der Waals surface area contributed by atoms with Gasteiger partial charge < -0.3 is 0 Å². The lowest BCUT2D eigenvalue weighted by Crippen LogP contribution is -1.95. The maximum Gasteiger partial charge on any atom is 0.0708 e. The first-order chi connectivity index (χ1) is 36.7. The van der Waals surface area contributed by atoms with Gasteiger partial charge in [-0.05, 0) is 125 Å². The van der Waals surface area contributed by atoms with E-state index in [0.29, 0.717) is 0 Å². The molecule has 3 aromatic heterocycles. The van der Waals surface area contributed by atoms with Crippen LogP contribution in [0.2, 0.25) is 0 Å². The van der Waals surface area contributed by atoms with Crippen LogP contribution in [-0.4, -0.2) is 15.0 Å². The summed E-state index contributed by atoms with van der Waals surface area (Å²) in [6.45, 7) is 0. The lowest BCUT2D eigenvalue weighted by molar-refractivity contribution is 1.32. The zero-order chi connectivity index (χ0) is 49.2. The number of hydrogen-bond acceptors (Lipinski definition) is 3. The van der Waals surface area contributed by atoms with Crippen LogP contribution < -0.4 is 0 Å². The number of rotatable bonds is 10. The maximum atomic E-state index is 5.21. The van der Waals surface area contributed by atoms with E-state index in [1.165, 1.54) is 21.5 Å². The van der Waals surface area contributed by atoms with Crippen LogP contribution >= 0.6 is 0 Å². The van der Waals surface area contributed by atoms with Gasteiger partial charge in [0.05, 0.1) is 17.1 Å². The van der Waals surface area contributed by atoms with Crippen molar-refractivity contribution in [3.8, 4) is 112 Å². The highest BCUT2D eigenvalue weighted by Crippen LogP contribution is 2.45. The average molecular weight is 942 g/mol. The highest BCUT2D eigenvalue weighted by atomic mass is 14.7. The molecule has 0 unspecified atom stereocenters. The molecule has 0 bridgehead atoms. The molecular formula is C71H47N3. The summed E-state index contributed by atoms with van der Waals surface area (Å²) in [6, 6.07) is 95.4. The van der Waals surface area contributed by atoms with Crippen molar-refractivity contribution in [2.24, 2.45) is 0 Å². The second-order valence-corrected chi connectivity index (χ2v) is 18.7. The Morgan fingerprint density at radius 2 is 0.568 bits per heavy atom. The van der Waals surface area contributed by atoms with Gasteiger partial charge in [-0.15, -0.1) is 0 Å². The Labute approximate surface area is 431 Å². The molecule has 3 heteroatoms. The van der Waals surface area contributed by atoms with Crippen molar-refractivity contribution in [1.82, 2.24) is 15.0 Å². The summed E-state index contributed by atoms with van der Waals surface area (Å²) in [5.41, 5.74) is 21.4. The molecule has 0 amide bonds. The number of aromatic nitrogens is 3. The third-order valence-corrected chi connectivity index (χ3v) is 14.3. The van der Waals surface area contributed by atoms with Gasteiger partial charge in [-0.1, -0.05) is 224 Å². The number of pyridine rings is 3. The fraction of sp³-hybridized carbons (Fsp3) is 0. The molecule has 0 saturated heterocycles. The van der Waals surface area contributed by atoms with E-state index in [1.54, 1.807) is 0 Å². The molecule has 0 aliphatic carbocycles. The van der Waals surface area contributed by atoms with E-state index in [4.69, 9.17) is 15.0 Å². The van der Waals surface area contributed by atoms with Gasteiger partial charge in [0.15, 0.2) is 0 Å². The number of hydrogen-bond donors (Lipinski definition) is 0. The van der Waals surface area contributed by atoms with Crippen LogP contribution in [0.15, 0.2) is 286 Å². The van der Waals surface area contributed by atoms with E-state index in [0.717, 1.165) is 112 Å². The molecule has 3 heterocycles. The first kappa shape index (κ1) is 44.1. The normalized spacial score (nSPS) is 11.2. The van der Waals surface area contributed by atoms with Crippen LogP contribution in [0.25, 0.3) is 133 Å². The molecule has 10 aromatic carbocycles. The quantitative estimate of drug-likeness (QED) is 0.128. The van der Waals surface area contributed by atoms with Crippen molar-refractivity contribution in [2.45, 2.75) is 0 Å². The molecule has 0 fully saturated rings. The Morgan fingerprint density at radius 3 is 1.08 bits per heavy atom. The molecule has 0 N–H and O–H groups in total. The summed E-state index contributed by atoms with van der Waals surface area (Å²) >= 11 is 0. The van der Waals surface area contributed by atoms with E-state index in [2.05, 4.69) is 261 Å². The molecule has 0 aliphatic rings. The minimum absolute atomic E-state index is 0.926. The molecular weight excluding hydrogens is 895 g/mol. The van der Waals surface area contributed by atoms with Gasteiger partial charge in [-0.3, -0.25) is 15.0 Å². The second-order valence-electron chi connectivity index (χ2n) is 18.7. The molecule has 13 aromatic rings. The fourth-order valence-electron chi connectivity index (χ4n) is 10.6. The van der Waals surface area contributed by atoms with Gasteiger partial charge in [-0.2, -0.15) is 0 Å². The van der Waals surface area contributed by atoms with Crippen molar-refractivity contribution >= 4 is 21.5 Å². The van der Waals surface area contributed by atoms with Crippen LogP contribution in [-0.2, 0) is 0 Å². The Hall–Kier alpha value is -9.83. The predicted molar refractivity (Wildman–Crippen MR) is 309 cm³/mol. The second kappa shape index (κ2) is 19.4. The first-order valence-electron chi connectivity index (χ1n) is 25.1. The van der Waals surface area contributed by atoms with E-state index >= 15 is 0 Å². The van der Waals surface area contributed by atoms with E-state index in [-0.39, 0.29) is 0 Å². The highest BCUT2D eigenvalue weighted by molar-refractivity contribution is 6.09. The summed E-state index contributed by atoms with van der Waals surface area (Å²) in [6.07, 6.45) is 6.09. The number of nitrogens with zero attached hydrogens (tertiary/aromatic N) is 3. The molecule has 0 saturated carbocycles. The molecule has 13 rings (SSSR count). The third-order valence-electron chi connectivity index (χ3n) is 14.3. The Bertz CT molecular complexity index is 4000. The lowest BCUT2D eigenvalue weighted by atomic mass is 9.85. The van der Waals surface area contributed by atoms with Crippen molar-refractivity contribution in [3.05, 3.63) is 286 Å². The SMILES string of the molecule is c1ccc(-c2ccc(-c3ccccc3-c3cc(-c4ccccc4-c4ccc(-c5ccccc5)nc4)cc(-c4ccccc4-c4cnc(-c5ccccc5)cc4-c4ccc5c(ccc6ccccc65)c4)c3)cn2)cc1. The third kappa shape index (κ3) is 8.53. The summed E-state index contributed by atoms with van der Waals surface area (Å²) in [7, 11) is 0. The van der Waals surface area contributed by atoms with Gasteiger partial charge in [-0.25, -0.2) is 0 Å². The van der Waals surface area contributed by atoms with Gasteiger partial charge in [0.25, 0.3) is 0 Å². The summed E-state index contributed by atoms with van der Waals surface area (Å²) in [5, 5.41) is 4.92. The summed E-state index contributed by atoms with van der Waals surface area (Å²) in [5.74, 6) is 0. The van der Waals surface area contributed by atoms with Gasteiger partial charge in [0.2, 0.25) is 0 Å².